The molecule has 6 heteroatoms. The molecule has 1 saturated heterocycles. The van der Waals surface area contributed by atoms with Crippen LogP contribution in [0.4, 0.5) is 4.39 Å². The summed E-state index contributed by atoms with van der Waals surface area (Å²) in [6.45, 7) is 5.51. The van der Waals surface area contributed by atoms with Crippen LogP contribution in [0.1, 0.15) is 42.6 Å². The van der Waals surface area contributed by atoms with Crippen molar-refractivity contribution >= 4 is 5.91 Å². The van der Waals surface area contributed by atoms with Gasteiger partial charge in [0.05, 0.1) is 0 Å². The summed E-state index contributed by atoms with van der Waals surface area (Å²) >= 11 is 0. The summed E-state index contributed by atoms with van der Waals surface area (Å²) in [7, 11) is 0. The van der Waals surface area contributed by atoms with Crippen molar-refractivity contribution in [1.29, 1.82) is 0 Å². The van der Waals surface area contributed by atoms with Crippen molar-refractivity contribution in [3.63, 3.8) is 0 Å². The van der Waals surface area contributed by atoms with Crippen molar-refractivity contribution < 1.29 is 18.7 Å². The number of carbonyl (C=O) groups is 1. The van der Waals surface area contributed by atoms with Gasteiger partial charge in [-0.05, 0) is 54.8 Å². The smallest absolute Gasteiger partial charge is 0.248 e. The van der Waals surface area contributed by atoms with Crippen LogP contribution in [0.2, 0.25) is 0 Å². The van der Waals surface area contributed by atoms with Gasteiger partial charge in [0.2, 0.25) is 11.8 Å². The molecule has 5 nitrogen and oxygen atoms in total. The average Bonchev–Trinajstić information content (AvgIpc) is 2.64. The molecule has 0 spiro atoms. The number of likely N-dealkylation sites (tertiary alicyclic amines) is 1. The molecule has 2 aromatic rings. The van der Waals surface area contributed by atoms with E-state index in [9.17, 15) is 9.18 Å². The predicted molar refractivity (Wildman–Crippen MR) is 106 cm³/mol. The molecule has 0 radical (unpaired) electrons. The molecule has 1 aliphatic heterocycles. The van der Waals surface area contributed by atoms with Gasteiger partial charge in [-0.15, -0.1) is 0 Å². The van der Waals surface area contributed by atoms with Crippen LogP contribution in [0.3, 0.4) is 0 Å². The van der Waals surface area contributed by atoms with E-state index < -0.39 is 11.8 Å². The monoisotopic (exact) mass is 386 g/mol. The Balaban J connectivity index is 1.45. The Morgan fingerprint density at radius 3 is 2.18 bits per heavy atom. The molecule has 2 N–H and O–H groups in total. The van der Waals surface area contributed by atoms with Crippen molar-refractivity contribution in [3.05, 3.63) is 59.7 Å². The van der Waals surface area contributed by atoms with Gasteiger partial charge >= 0.3 is 0 Å². The number of nitrogens with two attached hydrogens (primary N) is 1. The molecule has 1 aliphatic rings. The van der Waals surface area contributed by atoms with Crippen LogP contribution in [0.15, 0.2) is 48.5 Å². The molecular weight excluding hydrogens is 359 g/mol. The molecule has 3 rings (SSSR count). The van der Waals surface area contributed by atoms with E-state index in [-0.39, 0.29) is 6.10 Å². The summed E-state index contributed by atoms with van der Waals surface area (Å²) in [5, 5.41) is 0. The first kappa shape index (κ1) is 20.1. The molecule has 1 heterocycles. The number of hydrogen-bond donors (Lipinski definition) is 1. The predicted octanol–water partition coefficient (Wildman–Crippen LogP) is 3.91. The number of alkyl halides is 1. The summed E-state index contributed by atoms with van der Waals surface area (Å²) in [5.74, 6) is -0.822. The van der Waals surface area contributed by atoms with Crippen molar-refractivity contribution in [2.45, 2.75) is 45.2 Å². The maximum atomic E-state index is 13.5. The Morgan fingerprint density at radius 1 is 1.07 bits per heavy atom. The number of primary amides is 1. The molecule has 2 aromatic carbocycles. The minimum Gasteiger partial charge on any atom is -0.490 e. The van der Waals surface area contributed by atoms with E-state index in [0.29, 0.717) is 11.3 Å². The summed E-state index contributed by atoms with van der Waals surface area (Å²) < 4.78 is 24.8. The number of rotatable bonds is 7. The molecule has 0 aliphatic carbocycles. The summed E-state index contributed by atoms with van der Waals surface area (Å²) in [6, 6.07) is 14.5. The minimum atomic E-state index is -1.68. The number of carbonyl (C=O) groups excluding carboxylic acids is 1. The second-order valence-electron chi connectivity index (χ2n) is 7.59. The normalized spacial score (nSPS) is 16.0. The van der Waals surface area contributed by atoms with Crippen molar-refractivity contribution in [2.24, 2.45) is 5.73 Å². The zero-order valence-corrected chi connectivity index (χ0v) is 16.4. The number of ether oxygens (including phenoxy) is 2. The second-order valence-corrected chi connectivity index (χ2v) is 7.59. The number of benzene rings is 2. The van der Waals surface area contributed by atoms with Gasteiger partial charge in [0, 0.05) is 39.0 Å². The maximum Gasteiger partial charge on any atom is 0.248 e. The third kappa shape index (κ3) is 5.96. The largest absolute Gasteiger partial charge is 0.490 e. The fourth-order valence-electron chi connectivity index (χ4n) is 3.28. The molecule has 0 unspecified atom stereocenters. The molecule has 0 atom stereocenters. The second kappa shape index (κ2) is 8.61. The SMILES string of the molecule is CC(C)(F)Oc1ccc(CN2CCC(Oc3ccc(C(N)=O)cc3)CC2)cc1. The fraction of sp³-hybridized carbons (Fsp3) is 0.409. The summed E-state index contributed by atoms with van der Waals surface area (Å²) in [4.78, 5) is 13.5. The molecule has 28 heavy (non-hydrogen) atoms. The molecule has 0 saturated carbocycles. The van der Waals surface area contributed by atoms with Crippen LogP contribution >= 0.6 is 0 Å². The van der Waals surface area contributed by atoms with E-state index in [1.807, 2.05) is 24.3 Å². The molecule has 1 amide bonds. The van der Waals surface area contributed by atoms with Crippen LogP contribution in [-0.2, 0) is 6.54 Å². The van der Waals surface area contributed by atoms with Gasteiger partial charge < -0.3 is 15.2 Å². The standard InChI is InChI=1S/C22H27FN2O3/c1-22(2,23)28-20-7-3-16(4-8-20)15-25-13-11-19(12-14-25)27-18-9-5-17(6-10-18)21(24)26/h3-10,19H,11-15H2,1-2H3,(H2,24,26). The highest BCUT2D eigenvalue weighted by Gasteiger charge is 2.21. The van der Waals surface area contributed by atoms with Crippen LogP contribution in [0.25, 0.3) is 0 Å². The first-order valence-corrected chi connectivity index (χ1v) is 9.54. The van der Waals surface area contributed by atoms with E-state index in [0.717, 1.165) is 38.2 Å². The number of amides is 1. The fourth-order valence-corrected chi connectivity index (χ4v) is 3.28. The van der Waals surface area contributed by atoms with Gasteiger partial charge in [-0.2, -0.15) is 4.39 Å². The third-order valence-corrected chi connectivity index (χ3v) is 4.67. The molecule has 1 fully saturated rings. The van der Waals surface area contributed by atoms with E-state index in [1.54, 1.807) is 24.3 Å². The Labute approximate surface area is 165 Å². The van der Waals surface area contributed by atoms with Gasteiger partial charge in [0.1, 0.15) is 17.6 Å². The van der Waals surface area contributed by atoms with Gasteiger partial charge in [-0.3, -0.25) is 9.69 Å². The molecule has 150 valence electrons. The van der Waals surface area contributed by atoms with Gasteiger partial charge in [-0.1, -0.05) is 12.1 Å². The zero-order valence-electron chi connectivity index (χ0n) is 16.4. The lowest BCUT2D eigenvalue weighted by atomic mass is 10.1. The van der Waals surface area contributed by atoms with E-state index in [2.05, 4.69) is 4.90 Å². The third-order valence-electron chi connectivity index (χ3n) is 4.67. The van der Waals surface area contributed by atoms with Crippen LogP contribution in [0, 0.1) is 0 Å². The minimum absolute atomic E-state index is 0.165. The Bertz CT molecular complexity index is 777. The number of halogens is 1. The highest BCUT2D eigenvalue weighted by molar-refractivity contribution is 5.92. The summed E-state index contributed by atoms with van der Waals surface area (Å²) in [5.41, 5.74) is 6.90. The lowest BCUT2D eigenvalue weighted by Gasteiger charge is -2.32. The lowest BCUT2D eigenvalue weighted by molar-refractivity contribution is -0.0257. The van der Waals surface area contributed by atoms with Crippen molar-refractivity contribution in [2.75, 3.05) is 13.1 Å². The number of nitrogens with zero attached hydrogens (tertiary/aromatic N) is 1. The van der Waals surface area contributed by atoms with Crippen LogP contribution in [-0.4, -0.2) is 35.9 Å². The molecule has 0 bridgehead atoms. The average molecular weight is 386 g/mol. The van der Waals surface area contributed by atoms with E-state index >= 15 is 0 Å². The van der Waals surface area contributed by atoms with Gasteiger partial charge in [0.15, 0.2) is 0 Å². The van der Waals surface area contributed by atoms with Crippen LogP contribution < -0.4 is 15.2 Å². The van der Waals surface area contributed by atoms with Gasteiger partial charge in [0.25, 0.3) is 0 Å². The highest BCUT2D eigenvalue weighted by atomic mass is 19.2. The van der Waals surface area contributed by atoms with Crippen molar-refractivity contribution in [3.8, 4) is 11.5 Å². The first-order valence-electron chi connectivity index (χ1n) is 9.54. The topological polar surface area (TPSA) is 64.8 Å². The molecule has 0 aromatic heterocycles. The maximum absolute atomic E-state index is 13.5. The number of hydrogen-bond acceptors (Lipinski definition) is 4. The molecular formula is C22H27FN2O3. The Hall–Kier alpha value is -2.60. The van der Waals surface area contributed by atoms with Crippen molar-refractivity contribution in [1.82, 2.24) is 4.90 Å². The van der Waals surface area contributed by atoms with E-state index in [1.165, 1.54) is 19.4 Å². The van der Waals surface area contributed by atoms with Gasteiger partial charge in [-0.25, -0.2) is 0 Å². The zero-order chi connectivity index (χ0) is 20.1. The summed E-state index contributed by atoms with van der Waals surface area (Å²) in [6.07, 6.45) is 2.04. The number of piperidine rings is 1. The Morgan fingerprint density at radius 2 is 1.64 bits per heavy atom. The quantitative estimate of drug-likeness (QED) is 0.784. The van der Waals surface area contributed by atoms with Crippen LogP contribution in [0.5, 0.6) is 11.5 Å². The highest BCUT2D eigenvalue weighted by Crippen LogP contribution is 2.23. The Kier molecular flexibility index (Phi) is 6.19. The first-order chi connectivity index (χ1) is 13.3. The van der Waals surface area contributed by atoms with E-state index in [4.69, 9.17) is 15.2 Å². The lowest BCUT2D eigenvalue weighted by Crippen LogP contribution is -2.37.